The molecule has 1 atom stereocenters. The van der Waals surface area contributed by atoms with Gasteiger partial charge in [-0.3, -0.25) is 0 Å². The molecular formula is C11H11Cl2N3. The number of hydrogen-bond donors (Lipinski definition) is 1. The maximum Gasteiger partial charge on any atom is 0.0994 e. The molecule has 0 aliphatic rings. The minimum Gasteiger partial charge on any atom is -0.323 e. The molecule has 1 aromatic carbocycles. The molecule has 0 fully saturated rings. The average molecular weight is 256 g/mol. The van der Waals surface area contributed by atoms with Gasteiger partial charge in [0, 0.05) is 11.7 Å². The summed E-state index contributed by atoms with van der Waals surface area (Å²) in [5.41, 5.74) is 7.68. The lowest BCUT2D eigenvalue weighted by Crippen LogP contribution is -2.10. The number of aromatic nitrogens is 2. The number of benzene rings is 1. The molecule has 84 valence electrons. The predicted molar refractivity (Wildman–Crippen MR) is 66.2 cm³/mol. The highest BCUT2D eigenvalue weighted by atomic mass is 35.5. The molecule has 5 heteroatoms. The van der Waals surface area contributed by atoms with Crippen LogP contribution in [0.5, 0.6) is 0 Å². The molecule has 0 unspecified atom stereocenters. The molecule has 2 rings (SSSR count). The van der Waals surface area contributed by atoms with Crippen molar-refractivity contribution in [3.8, 4) is 5.69 Å². The average Bonchev–Trinajstić information content (AvgIpc) is 2.71. The molecule has 16 heavy (non-hydrogen) atoms. The Morgan fingerprint density at radius 2 is 2.06 bits per heavy atom. The van der Waals surface area contributed by atoms with E-state index in [2.05, 4.69) is 4.98 Å². The fraction of sp³-hybridized carbons (Fsp3) is 0.182. The van der Waals surface area contributed by atoms with Crippen molar-refractivity contribution in [3.05, 3.63) is 46.5 Å². The van der Waals surface area contributed by atoms with E-state index < -0.39 is 0 Å². The zero-order valence-corrected chi connectivity index (χ0v) is 10.2. The van der Waals surface area contributed by atoms with Crippen molar-refractivity contribution in [1.82, 2.24) is 9.55 Å². The number of rotatable bonds is 2. The van der Waals surface area contributed by atoms with Crippen molar-refractivity contribution in [2.24, 2.45) is 5.73 Å². The summed E-state index contributed by atoms with van der Waals surface area (Å²) in [5.74, 6) is 0. The van der Waals surface area contributed by atoms with E-state index in [1.165, 1.54) is 0 Å². The summed E-state index contributed by atoms with van der Waals surface area (Å²) in [7, 11) is 0. The minimum absolute atomic E-state index is 0.0862. The standard InChI is InChI=1S/C11H11Cl2N3/c1-7(14)11-5-15-6-16(11)8-2-3-9(12)10(13)4-8/h2-7H,14H2,1H3/t7-/m1/s1. The van der Waals surface area contributed by atoms with Crippen LogP contribution in [0.2, 0.25) is 10.0 Å². The summed E-state index contributed by atoms with van der Waals surface area (Å²) in [6.45, 7) is 1.91. The van der Waals surface area contributed by atoms with Gasteiger partial charge in [-0.05, 0) is 25.1 Å². The quantitative estimate of drug-likeness (QED) is 0.896. The van der Waals surface area contributed by atoms with Crippen LogP contribution in [0.25, 0.3) is 5.69 Å². The molecule has 2 N–H and O–H groups in total. The van der Waals surface area contributed by atoms with Crippen LogP contribution >= 0.6 is 23.2 Å². The maximum atomic E-state index is 5.97. The van der Waals surface area contributed by atoms with E-state index >= 15 is 0 Å². The van der Waals surface area contributed by atoms with Crippen LogP contribution in [0, 0.1) is 0 Å². The van der Waals surface area contributed by atoms with E-state index in [0.29, 0.717) is 10.0 Å². The van der Waals surface area contributed by atoms with Gasteiger partial charge in [0.25, 0.3) is 0 Å². The van der Waals surface area contributed by atoms with Crippen LogP contribution in [0.1, 0.15) is 18.7 Å². The van der Waals surface area contributed by atoms with Gasteiger partial charge in [0.2, 0.25) is 0 Å². The highest BCUT2D eigenvalue weighted by molar-refractivity contribution is 6.42. The first kappa shape index (κ1) is 11.5. The van der Waals surface area contributed by atoms with E-state index in [0.717, 1.165) is 11.4 Å². The Kier molecular flexibility index (Phi) is 3.19. The molecule has 0 bridgehead atoms. The number of nitrogens with zero attached hydrogens (tertiary/aromatic N) is 2. The molecule has 0 aliphatic carbocycles. The van der Waals surface area contributed by atoms with Crippen molar-refractivity contribution >= 4 is 23.2 Å². The molecule has 0 spiro atoms. The first-order valence-corrected chi connectivity index (χ1v) is 5.58. The van der Waals surface area contributed by atoms with Crippen LogP contribution in [0.3, 0.4) is 0 Å². The smallest absolute Gasteiger partial charge is 0.0994 e. The van der Waals surface area contributed by atoms with Gasteiger partial charge in [-0.15, -0.1) is 0 Å². The van der Waals surface area contributed by atoms with Crippen LogP contribution in [-0.2, 0) is 0 Å². The Balaban J connectivity index is 2.50. The molecule has 3 nitrogen and oxygen atoms in total. The summed E-state index contributed by atoms with van der Waals surface area (Å²) >= 11 is 11.8. The van der Waals surface area contributed by atoms with Crippen molar-refractivity contribution in [2.45, 2.75) is 13.0 Å². The van der Waals surface area contributed by atoms with Gasteiger partial charge >= 0.3 is 0 Å². The van der Waals surface area contributed by atoms with Crippen molar-refractivity contribution in [3.63, 3.8) is 0 Å². The lowest BCUT2D eigenvalue weighted by Gasteiger charge is -2.11. The van der Waals surface area contributed by atoms with E-state index in [1.807, 2.05) is 17.6 Å². The number of hydrogen-bond acceptors (Lipinski definition) is 2. The second-order valence-electron chi connectivity index (χ2n) is 3.58. The molecule has 0 aliphatic heterocycles. The highest BCUT2D eigenvalue weighted by Gasteiger charge is 2.09. The van der Waals surface area contributed by atoms with Gasteiger partial charge in [-0.1, -0.05) is 23.2 Å². The monoisotopic (exact) mass is 255 g/mol. The van der Waals surface area contributed by atoms with Crippen molar-refractivity contribution in [1.29, 1.82) is 0 Å². The van der Waals surface area contributed by atoms with Gasteiger partial charge in [0.1, 0.15) is 0 Å². The van der Waals surface area contributed by atoms with Crippen LogP contribution in [0.4, 0.5) is 0 Å². The first-order valence-electron chi connectivity index (χ1n) is 4.83. The molecule has 1 aromatic heterocycles. The minimum atomic E-state index is -0.0862. The molecule has 2 aromatic rings. The summed E-state index contributed by atoms with van der Waals surface area (Å²) in [4.78, 5) is 4.08. The second-order valence-corrected chi connectivity index (χ2v) is 4.39. The molecule has 0 saturated heterocycles. The Bertz CT molecular complexity index is 506. The third-order valence-electron chi connectivity index (χ3n) is 2.31. The first-order chi connectivity index (χ1) is 7.59. The largest absolute Gasteiger partial charge is 0.323 e. The topological polar surface area (TPSA) is 43.8 Å². The summed E-state index contributed by atoms with van der Waals surface area (Å²) in [6, 6.07) is 5.33. The van der Waals surface area contributed by atoms with Crippen molar-refractivity contribution < 1.29 is 0 Å². The number of halogens is 2. The lowest BCUT2D eigenvalue weighted by molar-refractivity contribution is 0.752. The molecule has 0 radical (unpaired) electrons. The normalized spacial score (nSPS) is 12.8. The Labute approximate surface area is 104 Å². The molecular weight excluding hydrogens is 245 g/mol. The number of imidazole rings is 1. The van der Waals surface area contributed by atoms with E-state index in [4.69, 9.17) is 28.9 Å². The second kappa shape index (κ2) is 4.45. The lowest BCUT2D eigenvalue weighted by atomic mass is 10.2. The van der Waals surface area contributed by atoms with E-state index in [1.54, 1.807) is 24.7 Å². The van der Waals surface area contributed by atoms with Gasteiger partial charge in [0.05, 0.1) is 28.3 Å². The fourth-order valence-electron chi connectivity index (χ4n) is 1.49. The number of nitrogens with two attached hydrogens (primary N) is 1. The zero-order valence-electron chi connectivity index (χ0n) is 8.69. The van der Waals surface area contributed by atoms with Gasteiger partial charge in [-0.2, -0.15) is 0 Å². The third-order valence-corrected chi connectivity index (χ3v) is 3.05. The van der Waals surface area contributed by atoms with E-state index in [-0.39, 0.29) is 6.04 Å². The van der Waals surface area contributed by atoms with Gasteiger partial charge in [-0.25, -0.2) is 4.98 Å². The Morgan fingerprint density at radius 1 is 1.31 bits per heavy atom. The summed E-state index contributed by atoms with van der Waals surface area (Å²) in [6.07, 6.45) is 3.45. The van der Waals surface area contributed by atoms with Crippen molar-refractivity contribution in [2.75, 3.05) is 0 Å². The van der Waals surface area contributed by atoms with Crippen LogP contribution < -0.4 is 5.73 Å². The predicted octanol–water partition coefficient (Wildman–Crippen LogP) is 3.20. The summed E-state index contributed by atoms with van der Waals surface area (Å²) in [5, 5.41) is 1.05. The fourth-order valence-corrected chi connectivity index (χ4v) is 1.79. The van der Waals surface area contributed by atoms with Crippen LogP contribution in [-0.4, -0.2) is 9.55 Å². The zero-order chi connectivity index (χ0) is 11.7. The van der Waals surface area contributed by atoms with E-state index in [9.17, 15) is 0 Å². The Morgan fingerprint density at radius 3 is 2.69 bits per heavy atom. The molecule has 0 amide bonds. The molecule has 0 saturated carbocycles. The maximum absolute atomic E-state index is 5.97. The molecule has 1 heterocycles. The third kappa shape index (κ3) is 2.07. The van der Waals surface area contributed by atoms with Gasteiger partial charge < -0.3 is 10.3 Å². The van der Waals surface area contributed by atoms with Gasteiger partial charge in [0.15, 0.2) is 0 Å². The summed E-state index contributed by atoms with van der Waals surface area (Å²) < 4.78 is 1.90. The SMILES string of the molecule is C[C@@H](N)c1cncn1-c1ccc(Cl)c(Cl)c1. The van der Waals surface area contributed by atoms with Crippen LogP contribution in [0.15, 0.2) is 30.7 Å². The highest BCUT2D eigenvalue weighted by Crippen LogP contribution is 2.25. The Hall–Kier alpha value is -1.03.